The number of benzene rings is 3. The van der Waals surface area contributed by atoms with Crippen LogP contribution < -0.4 is 20.1 Å². The summed E-state index contributed by atoms with van der Waals surface area (Å²) in [6, 6.07) is 21.2. The average Bonchev–Trinajstić information content (AvgIpc) is 2.86. The summed E-state index contributed by atoms with van der Waals surface area (Å²) < 4.78 is 15.6. The third-order valence-corrected chi connectivity index (χ3v) is 4.42. The topological polar surface area (TPSA) is 127 Å². The number of nitrogens with zero attached hydrogens (tertiary/aromatic N) is 1. The van der Waals surface area contributed by atoms with Gasteiger partial charge in [-0.1, -0.05) is 12.1 Å². The number of nitrogens with one attached hydrogen (secondary N) is 2. The van der Waals surface area contributed by atoms with Crippen molar-refractivity contribution in [3.63, 3.8) is 0 Å². The molecule has 0 aromatic heterocycles. The molecule has 0 heterocycles. The zero-order valence-electron chi connectivity index (χ0n) is 18.2. The van der Waals surface area contributed by atoms with Crippen LogP contribution in [0.15, 0.2) is 72.8 Å². The Balaban J connectivity index is 1.44. The minimum atomic E-state index is -0.691. The van der Waals surface area contributed by atoms with E-state index in [0.29, 0.717) is 28.4 Å². The Morgan fingerprint density at radius 1 is 0.824 bits per heavy atom. The number of nitriles is 1. The third-order valence-electron chi connectivity index (χ3n) is 4.42. The lowest BCUT2D eigenvalue weighted by Crippen LogP contribution is -2.21. The molecule has 172 valence electrons. The number of methoxy groups -OCH3 is 1. The highest BCUT2D eigenvalue weighted by molar-refractivity contribution is 5.95. The summed E-state index contributed by atoms with van der Waals surface area (Å²) in [5.41, 5.74) is 1.62. The zero-order chi connectivity index (χ0) is 24.3. The fourth-order valence-corrected chi connectivity index (χ4v) is 2.81. The van der Waals surface area contributed by atoms with Crippen molar-refractivity contribution in [3.8, 4) is 17.6 Å². The highest BCUT2D eigenvalue weighted by Gasteiger charge is 2.11. The predicted octanol–water partition coefficient (Wildman–Crippen LogP) is 3.38. The number of rotatable bonds is 9. The molecule has 2 N–H and O–H groups in total. The van der Waals surface area contributed by atoms with Crippen LogP contribution in [0.1, 0.15) is 15.9 Å². The molecule has 9 heteroatoms. The molecule has 0 spiro atoms. The molecule has 34 heavy (non-hydrogen) atoms. The number of ether oxygens (including phenoxy) is 3. The van der Waals surface area contributed by atoms with E-state index in [1.807, 2.05) is 6.07 Å². The van der Waals surface area contributed by atoms with E-state index in [-0.39, 0.29) is 18.1 Å². The van der Waals surface area contributed by atoms with Gasteiger partial charge in [0.05, 0.1) is 24.3 Å². The van der Waals surface area contributed by atoms with E-state index < -0.39 is 18.5 Å². The molecule has 0 bridgehead atoms. The van der Waals surface area contributed by atoms with Crippen LogP contribution in [0, 0.1) is 11.3 Å². The molecule has 0 atom stereocenters. The summed E-state index contributed by atoms with van der Waals surface area (Å²) >= 11 is 0. The Hall–Kier alpha value is -4.84. The second kappa shape index (κ2) is 11.7. The predicted molar refractivity (Wildman–Crippen MR) is 124 cm³/mol. The number of carbonyl (C=O) groups is 3. The Morgan fingerprint density at radius 3 is 2.15 bits per heavy atom. The highest BCUT2D eigenvalue weighted by atomic mass is 16.5. The van der Waals surface area contributed by atoms with E-state index in [1.165, 1.54) is 37.4 Å². The van der Waals surface area contributed by atoms with Gasteiger partial charge in [0.15, 0.2) is 13.2 Å². The molecule has 0 unspecified atom stereocenters. The van der Waals surface area contributed by atoms with Gasteiger partial charge >= 0.3 is 5.97 Å². The maximum absolute atomic E-state index is 12.2. The van der Waals surface area contributed by atoms with E-state index in [1.54, 1.807) is 42.5 Å². The van der Waals surface area contributed by atoms with E-state index in [0.717, 1.165) is 0 Å². The van der Waals surface area contributed by atoms with Crippen molar-refractivity contribution in [1.29, 1.82) is 5.26 Å². The molecule has 0 aliphatic heterocycles. The van der Waals surface area contributed by atoms with Crippen LogP contribution >= 0.6 is 0 Å². The number of esters is 1. The van der Waals surface area contributed by atoms with Crippen LogP contribution in [0.5, 0.6) is 11.5 Å². The lowest BCUT2D eigenvalue weighted by molar-refractivity contribution is -0.119. The highest BCUT2D eigenvalue weighted by Crippen LogP contribution is 2.17. The Kier molecular flexibility index (Phi) is 8.19. The maximum Gasteiger partial charge on any atom is 0.338 e. The second-order valence-electron chi connectivity index (χ2n) is 6.91. The average molecular weight is 459 g/mol. The standard InChI is InChI=1S/C25H21N3O6/c1-32-22-7-3-6-20(13-22)28-23(29)15-33-21-10-8-18(9-11-21)25(31)34-16-24(30)27-19-5-2-4-17(12-19)14-26/h2-13H,15-16H2,1H3,(H,27,30)(H,28,29). The third kappa shape index (κ3) is 7.10. The minimum Gasteiger partial charge on any atom is -0.497 e. The van der Waals surface area contributed by atoms with Crippen LogP contribution in [0.3, 0.4) is 0 Å². The van der Waals surface area contributed by atoms with Gasteiger partial charge in [-0.05, 0) is 54.6 Å². The lowest BCUT2D eigenvalue weighted by Gasteiger charge is -2.09. The van der Waals surface area contributed by atoms with E-state index >= 15 is 0 Å². The van der Waals surface area contributed by atoms with Gasteiger partial charge in [0.2, 0.25) is 0 Å². The van der Waals surface area contributed by atoms with Crippen molar-refractivity contribution in [3.05, 3.63) is 83.9 Å². The Labute approximate surface area is 195 Å². The summed E-state index contributed by atoms with van der Waals surface area (Å²) in [6.07, 6.45) is 0. The van der Waals surface area contributed by atoms with Gasteiger partial charge in [-0.15, -0.1) is 0 Å². The van der Waals surface area contributed by atoms with Crippen LogP contribution in [0.4, 0.5) is 11.4 Å². The first-order valence-corrected chi connectivity index (χ1v) is 10.1. The van der Waals surface area contributed by atoms with Gasteiger partial charge in [-0.25, -0.2) is 4.79 Å². The van der Waals surface area contributed by atoms with Crippen molar-refractivity contribution >= 4 is 29.2 Å². The van der Waals surface area contributed by atoms with Gasteiger partial charge in [-0.3, -0.25) is 9.59 Å². The summed E-state index contributed by atoms with van der Waals surface area (Å²) in [4.78, 5) is 36.2. The smallest absolute Gasteiger partial charge is 0.338 e. The van der Waals surface area contributed by atoms with Gasteiger partial charge in [0.1, 0.15) is 11.5 Å². The quantitative estimate of drug-likeness (QED) is 0.470. The summed E-state index contributed by atoms with van der Waals surface area (Å²) in [5, 5.41) is 14.1. The number of hydrogen-bond acceptors (Lipinski definition) is 7. The number of hydrogen-bond donors (Lipinski definition) is 2. The minimum absolute atomic E-state index is 0.215. The van der Waals surface area contributed by atoms with E-state index in [2.05, 4.69) is 10.6 Å². The number of anilines is 2. The lowest BCUT2D eigenvalue weighted by atomic mass is 10.2. The van der Waals surface area contributed by atoms with Crippen molar-refractivity contribution in [1.82, 2.24) is 0 Å². The molecule has 2 amide bonds. The molecule has 0 aliphatic rings. The summed E-state index contributed by atoms with van der Waals surface area (Å²) in [5.74, 6) is -0.587. The molecule has 0 fully saturated rings. The molecule has 0 aliphatic carbocycles. The molecule has 0 saturated heterocycles. The van der Waals surface area contributed by atoms with Crippen molar-refractivity contribution < 1.29 is 28.6 Å². The number of carbonyl (C=O) groups excluding carboxylic acids is 3. The second-order valence-corrected chi connectivity index (χ2v) is 6.91. The van der Waals surface area contributed by atoms with Crippen LogP contribution in [0.25, 0.3) is 0 Å². The fourth-order valence-electron chi connectivity index (χ4n) is 2.81. The van der Waals surface area contributed by atoms with Crippen molar-refractivity contribution in [2.75, 3.05) is 31.0 Å². The molecule has 0 radical (unpaired) electrons. The van der Waals surface area contributed by atoms with Crippen molar-refractivity contribution in [2.24, 2.45) is 0 Å². The maximum atomic E-state index is 12.2. The molecule has 9 nitrogen and oxygen atoms in total. The fraction of sp³-hybridized carbons (Fsp3) is 0.120. The molecule has 3 aromatic carbocycles. The van der Waals surface area contributed by atoms with Crippen LogP contribution in [-0.2, 0) is 14.3 Å². The molecule has 3 aromatic rings. The Bertz CT molecular complexity index is 1220. The number of amides is 2. The zero-order valence-corrected chi connectivity index (χ0v) is 18.2. The van der Waals surface area contributed by atoms with Crippen LogP contribution in [-0.4, -0.2) is 38.1 Å². The molecule has 0 saturated carbocycles. The van der Waals surface area contributed by atoms with Gasteiger partial charge < -0.3 is 24.8 Å². The SMILES string of the molecule is COc1cccc(NC(=O)COc2ccc(C(=O)OCC(=O)Nc3cccc(C#N)c3)cc2)c1. The summed E-state index contributed by atoms with van der Waals surface area (Å²) in [7, 11) is 1.54. The van der Waals surface area contributed by atoms with Crippen molar-refractivity contribution in [2.45, 2.75) is 0 Å². The molecular weight excluding hydrogens is 438 g/mol. The summed E-state index contributed by atoms with van der Waals surface area (Å²) in [6.45, 7) is -0.716. The molecular formula is C25H21N3O6. The Morgan fingerprint density at radius 2 is 1.47 bits per heavy atom. The van der Waals surface area contributed by atoms with Crippen LogP contribution in [0.2, 0.25) is 0 Å². The van der Waals surface area contributed by atoms with Gasteiger partial charge in [0, 0.05) is 17.4 Å². The van der Waals surface area contributed by atoms with E-state index in [4.69, 9.17) is 19.5 Å². The van der Waals surface area contributed by atoms with Gasteiger partial charge in [-0.2, -0.15) is 5.26 Å². The monoisotopic (exact) mass is 459 g/mol. The first-order valence-electron chi connectivity index (χ1n) is 10.1. The van der Waals surface area contributed by atoms with E-state index in [9.17, 15) is 14.4 Å². The normalized spacial score (nSPS) is 9.88. The first kappa shape index (κ1) is 23.8. The first-order chi connectivity index (χ1) is 16.5. The largest absolute Gasteiger partial charge is 0.497 e. The van der Waals surface area contributed by atoms with Gasteiger partial charge in [0.25, 0.3) is 11.8 Å². The molecule has 3 rings (SSSR count).